The number of carboxylic acids is 1. The lowest BCUT2D eigenvalue weighted by molar-refractivity contribution is -0.139. The molecule has 8 nitrogen and oxygen atoms in total. The number of nitrogens with one attached hydrogen (secondary N) is 1. The van der Waals surface area contributed by atoms with Gasteiger partial charge in [-0.15, -0.1) is 0 Å². The van der Waals surface area contributed by atoms with Crippen molar-refractivity contribution in [1.82, 2.24) is 15.1 Å². The van der Waals surface area contributed by atoms with Gasteiger partial charge in [0, 0.05) is 32.3 Å². The normalized spacial score (nSPS) is 26.4. The summed E-state index contributed by atoms with van der Waals surface area (Å²) >= 11 is 0. The van der Waals surface area contributed by atoms with Crippen LogP contribution < -0.4 is 5.32 Å². The third-order valence-electron chi connectivity index (χ3n) is 5.01. The fourth-order valence-electron chi connectivity index (χ4n) is 3.50. The molecule has 2 N–H and O–H groups in total. The smallest absolute Gasteiger partial charge is 0.317 e. The van der Waals surface area contributed by atoms with E-state index in [1.54, 1.807) is 7.11 Å². The van der Waals surface area contributed by atoms with Gasteiger partial charge in [-0.1, -0.05) is 6.92 Å². The van der Waals surface area contributed by atoms with Gasteiger partial charge in [-0.25, -0.2) is 4.79 Å². The summed E-state index contributed by atoms with van der Waals surface area (Å²) in [6.45, 7) is 5.23. The highest BCUT2D eigenvalue weighted by molar-refractivity contribution is 5.74. The maximum Gasteiger partial charge on any atom is 0.317 e. The highest BCUT2D eigenvalue weighted by Gasteiger charge is 2.36. The summed E-state index contributed by atoms with van der Waals surface area (Å²) in [5, 5.41) is 12.0. The summed E-state index contributed by atoms with van der Waals surface area (Å²) in [7, 11) is 1.64. The van der Waals surface area contributed by atoms with Gasteiger partial charge in [-0.05, 0) is 32.2 Å². The third kappa shape index (κ3) is 6.13. The van der Waals surface area contributed by atoms with Crippen LogP contribution in [-0.4, -0.2) is 91.6 Å². The van der Waals surface area contributed by atoms with Crippen molar-refractivity contribution in [3.63, 3.8) is 0 Å². The summed E-state index contributed by atoms with van der Waals surface area (Å²) in [5.41, 5.74) is 0. The Balaban J connectivity index is 1.69. The Kier molecular flexibility index (Phi) is 7.92. The average molecular weight is 357 g/mol. The van der Waals surface area contributed by atoms with E-state index in [4.69, 9.17) is 14.6 Å². The van der Waals surface area contributed by atoms with E-state index in [2.05, 4.69) is 5.32 Å². The van der Waals surface area contributed by atoms with E-state index < -0.39 is 5.97 Å². The lowest BCUT2D eigenvalue weighted by Crippen LogP contribution is -2.58. The Morgan fingerprint density at radius 2 is 2.08 bits per heavy atom. The van der Waals surface area contributed by atoms with Crippen LogP contribution in [0.5, 0.6) is 0 Å². The molecule has 0 aromatic heterocycles. The summed E-state index contributed by atoms with van der Waals surface area (Å²) in [5.74, 6) is -0.804. The maximum absolute atomic E-state index is 12.4. The monoisotopic (exact) mass is 357 g/mol. The molecule has 1 unspecified atom stereocenters. The second kappa shape index (κ2) is 9.94. The molecule has 1 heterocycles. The molecule has 2 amide bonds. The number of hydrogen-bond acceptors (Lipinski definition) is 5. The number of amides is 2. The molecule has 0 spiro atoms. The van der Waals surface area contributed by atoms with E-state index in [-0.39, 0.29) is 30.8 Å². The van der Waals surface area contributed by atoms with Crippen LogP contribution in [0.15, 0.2) is 0 Å². The molecule has 8 heteroatoms. The number of rotatable bonds is 9. The Morgan fingerprint density at radius 1 is 1.32 bits per heavy atom. The topological polar surface area (TPSA) is 91.3 Å². The van der Waals surface area contributed by atoms with Gasteiger partial charge in [0.05, 0.1) is 25.9 Å². The van der Waals surface area contributed by atoms with Crippen molar-refractivity contribution in [2.24, 2.45) is 0 Å². The summed E-state index contributed by atoms with van der Waals surface area (Å²) < 4.78 is 10.7. The summed E-state index contributed by atoms with van der Waals surface area (Å²) in [6, 6.07) is 0.345. The van der Waals surface area contributed by atoms with E-state index in [1.165, 1.54) is 0 Å². The molecule has 0 radical (unpaired) electrons. The number of methoxy groups -OCH3 is 1. The van der Waals surface area contributed by atoms with Gasteiger partial charge >= 0.3 is 12.0 Å². The minimum atomic E-state index is -0.804. The van der Waals surface area contributed by atoms with Crippen molar-refractivity contribution in [3.8, 4) is 0 Å². The largest absolute Gasteiger partial charge is 0.480 e. The van der Waals surface area contributed by atoms with Crippen molar-refractivity contribution < 1.29 is 24.2 Å². The van der Waals surface area contributed by atoms with E-state index >= 15 is 0 Å². The van der Waals surface area contributed by atoms with Gasteiger partial charge in [0.25, 0.3) is 0 Å². The van der Waals surface area contributed by atoms with Gasteiger partial charge in [0.2, 0.25) is 0 Å². The Bertz CT molecular complexity index is 442. The van der Waals surface area contributed by atoms with Crippen LogP contribution >= 0.6 is 0 Å². The van der Waals surface area contributed by atoms with Crippen molar-refractivity contribution in [1.29, 1.82) is 0 Å². The molecule has 2 fully saturated rings. The lowest BCUT2D eigenvalue weighted by Gasteiger charge is -2.43. The van der Waals surface area contributed by atoms with Gasteiger partial charge in [0.15, 0.2) is 0 Å². The molecule has 0 bridgehead atoms. The second-order valence-electron chi connectivity index (χ2n) is 6.80. The van der Waals surface area contributed by atoms with Crippen molar-refractivity contribution in [2.45, 2.75) is 50.8 Å². The number of piperidine rings is 1. The van der Waals surface area contributed by atoms with Crippen LogP contribution in [-0.2, 0) is 14.3 Å². The Hall–Kier alpha value is -1.38. The second-order valence-corrected chi connectivity index (χ2v) is 6.80. The molecule has 2 rings (SSSR count). The number of ether oxygens (including phenoxy) is 2. The minimum Gasteiger partial charge on any atom is -0.480 e. The van der Waals surface area contributed by atoms with Crippen LogP contribution in [0, 0.1) is 0 Å². The first kappa shape index (κ1) is 19.9. The first-order valence-corrected chi connectivity index (χ1v) is 9.15. The summed E-state index contributed by atoms with van der Waals surface area (Å²) in [6.07, 6.45) is 3.62. The molecule has 1 saturated carbocycles. The quantitative estimate of drug-likeness (QED) is 0.592. The van der Waals surface area contributed by atoms with Crippen LogP contribution in [0.4, 0.5) is 4.79 Å². The molecule has 2 aliphatic rings. The number of aliphatic carboxylic acids is 1. The molecule has 0 aromatic carbocycles. The standard InChI is InChI=1S/C17H31N3O5/c1-3-19(12-16(21)22)14-9-13(10-14)18-17(23)20-6-4-5-15(11-20)25-8-7-24-2/h13-15H,3-12H2,1-2H3,(H,18,23)(H,21,22). The Morgan fingerprint density at radius 3 is 2.72 bits per heavy atom. The fourth-order valence-corrected chi connectivity index (χ4v) is 3.50. The highest BCUT2D eigenvalue weighted by atomic mass is 16.5. The number of likely N-dealkylation sites (tertiary alicyclic amines) is 1. The first-order chi connectivity index (χ1) is 12.0. The minimum absolute atomic E-state index is 0.0372. The molecule has 1 aliphatic carbocycles. The van der Waals surface area contributed by atoms with E-state index in [0.717, 1.165) is 32.2 Å². The van der Waals surface area contributed by atoms with Crippen molar-refractivity contribution >= 4 is 12.0 Å². The number of carbonyl (C=O) groups excluding carboxylic acids is 1. The lowest BCUT2D eigenvalue weighted by atomic mass is 9.85. The maximum atomic E-state index is 12.4. The van der Waals surface area contributed by atoms with E-state index in [1.807, 2.05) is 16.7 Å². The molecule has 144 valence electrons. The molecular formula is C17H31N3O5. The molecule has 0 aromatic rings. The van der Waals surface area contributed by atoms with E-state index in [0.29, 0.717) is 26.3 Å². The molecule has 1 aliphatic heterocycles. The molecule has 25 heavy (non-hydrogen) atoms. The number of carbonyl (C=O) groups is 2. The van der Waals surface area contributed by atoms with Crippen LogP contribution in [0.25, 0.3) is 0 Å². The van der Waals surface area contributed by atoms with Gasteiger partial charge < -0.3 is 24.8 Å². The predicted molar refractivity (Wildman–Crippen MR) is 92.6 cm³/mol. The molecule has 1 saturated heterocycles. The predicted octanol–water partition coefficient (Wildman–Crippen LogP) is 0.761. The highest BCUT2D eigenvalue weighted by Crippen LogP contribution is 2.26. The first-order valence-electron chi connectivity index (χ1n) is 9.15. The summed E-state index contributed by atoms with van der Waals surface area (Å²) in [4.78, 5) is 27.1. The number of likely N-dealkylation sites (N-methyl/N-ethyl adjacent to an activating group) is 1. The van der Waals surface area contributed by atoms with Gasteiger partial charge in [-0.2, -0.15) is 0 Å². The number of nitrogens with zero attached hydrogens (tertiary/aromatic N) is 2. The zero-order valence-corrected chi connectivity index (χ0v) is 15.3. The third-order valence-corrected chi connectivity index (χ3v) is 5.01. The zero-order chi connectivity index (χ0) is 18.2. The van der Waals surface area contributed by atoms with Crippen LogP contribution in [0.3, 0.4) is 0 Å². The van der Waals surface area contributed by atoms with Crippen LogP contribution in [0.2, 0.25) is 0 Å². The van der Waals surface area contributed by atoms with Crippen LogP contribution in [0.1, 0.15) is 32.6 Å². The number of hydrogen-bond donors (Lipinski definition) is 2. The molecular weight excluding hydrogens is 326 g/mol. The van der Waals surface area contributed by atoms with E-state index in [9.17, 15) is 9.59 Å². The Labute approximate surface area is 149 Å². The van der Waals surface area contributed by atoms with Gasteiger partial charge in [0.1, 0.15) is 0 Å². The van der Waals surface area contributed by atoms with Crippen molar-refractivity contribution in [2.75, 3.05) is 46.5 Å². The number of urea groups is 1. The SMILES string of the molecule is CCN(CC(=O)O)C1CC(NC(=O)N2CCCC(OCCOC)C2)C1. The van der Waals surface area contributed by atoms with Crippen molar-refractivity contribution in [3.05, 3.63) is 0 Å². The zero-order valence-electron chi connectivity index (χ0n) is 15.3. The van der Waals surface area contributed by atoms with Gasteiger partial charge in [-0.3, -0.25) is 9.69 Å². The average Bonchev–Trinajstić information content (AvgIpc) is 2.56. The fraction of sp³-hybridized carbons (Fsp3) is 0.882. The molecule has 1 atom stereocenters. The number of carboxylic acid groups (broad SMARTS) is 1.